The Balaban J connectivity index is 4.60. The molecule has 7 nitrogen and oxygen atoms in total. The SMILES string of the molecule is CCCCCCCCCC[N+](CCC(=O)[O-])(CCC(=O)O)CCC(=O)O. The van der Waals surface area contributed by atoms with Crippen LogP contribution in [-0.2, 0) is 14.4 Å². The number of carboxylic acid groups (broad SMARTS) is 3. The number of rotatable bonds is 18. The zero-order valence-electron chi connectivity index (χ0n) is 16.1. The lowest BCUT2D eigenvalue weighted by atomic mass is 10.1. The van der Waals surface area contributed by atoms with Crippen LogP contribution in [0.3, 0.4) is 0 Å². The summed E-state index contributed by atoms with van der Waals surface area (Å²) in [6.07, 6.45) is 8.68. The van der Waals surface area contributed by atoms with E-state index in [9.17, 15) is 19.5 Å². The van der Waals surface area contributed by atoms with Crippen molar-refractivity contribution in [3.63, 3.8) is 0 Å². The molecule has 0 fully saturated rings. The van der Waals surface area contributed by atoms with E-state index in [2.05, 4.69) is 6.92 Å². The van der Waals surface area contributed by atoms with Gasteiger partial charge in [-0.05, 0) is 12.8 Å². The Bertz CT molecular complexity index is 379. The molecule has 152 valence electrons. The van der Waals surface area contributed by atoms with Crippen molar-refractivity contribution in [3.05, 3.63) is 0 Å². The molecular weight excluding hydrogens is 338 g/mol. The highest BCUT2D eigenvalue weighted by Crippen LogP contribution is 2.16. The van der Waals surface area contributed by atoms with Crippen LogP contribution in [0, 0.1) is 0 Å². The van der Waals surface area contributed by atoms with Gasteiger partial charge in [0.1, 0.15) is 0 Å². The van der Waals surface area contributed by atoms with Crippen molar-refractivity contribution in [2.24, 2.45) is 0 Å². The lowest BCUT2D eigenvalue weighted by Gasteiger charge is -2.38. The maximum absolute atomic E-state index is 11.0. The average molecular weight is 373 g/mol. The van der Waals surface area contributed by atoms with Crippen LogP contribution in [0.4, 0.5) is 0 Å². The van der Waals surface area contributed by atoms with Gasteiger partial charge in [0.2, 0.25) is 0 Å². The summed E-state index contributed by atoms with van der Waals surface area (Å²) in [7, 11) is 0. The largest absolute Gasteiger partial charge is 0.550 e. The predicted octanol–water partition coefficient (Wildman–Crippen LogP) is 2.03. The molecule has 0 spiro atoms. The molecule has 7 heteroatoms. The fraction of sp³-hybridized carbons (Fsp3) is 0.842. The van der Waals surface area contributed by atoms with Crippen LogP contribution in [0.2, 0.25) is 0 Å². The quantitative estimate of drug-likeness (QED) is 0.281. The molecule has 0 unspecified atom stereocenters. The predicted molar refractivity (Wildman–Crippen MR) is 96.5 cm³/mol. The van der Waals surface area contributed by atoms with Gasteiger partial charge < -0.3 is 24.6 Å². The molecule has 0 aromatic heterocycles. The molecule has 0 bridgehead atoms. The Morgan fingerprint density at radius 3 is 1.54 bits per heavy atom. The van der Waals surface area contributed by atoms with Crippen LogP contribution >= 0.6 is 0 Å². The molecule has 0 aliphatic heterocycles. The number of unbranched alkanes of at least 4 members (excludes halogenated alkanes) is 7. The van der Waals surface area contributed by atoms with E-state index in [4.69, 9.17) is 10.2 Å². The zero-order valence-corrected chi connectivity index (χ0v) is 16.1. The smallest absolute Gasteiger partial charge is 0.309 e. The van der Waals surface area contributed by atoms with Gasteiger partial charge in [0.25, 0.3) is 0 Å². The van der Waals surface area contributed by atoms with Crippen LogP contribution in [0.25, 0.3) is 0 Å². The number of carboxylic acids is 3. The fourth-order valence-corrected chi connectivity index (χ4v) is 3.25. The number of quaternary nitrogens is 1. The summed E-state index contributed by atoms with van der Waals surface area (Å²) in [5.41, 5.74) is 0. The van der Waals surface area contributed by atoms with Crippen LogP contribution in [0.1, 0.15) is 77.6 Å². The van der Waals surface area contributed by atoms with Gasteiger partial charge in [-0.25, -0.2) is 0 Å². The van der Waals surface area contributed by atoms with E-state index in [0.29, 0.717) is 6.54 Å². The highest BCUT2D eigenvalue weighted by atomic mass is 16.4. The monoisotopic (exact) mass is 373 g/mol. The second-order valence-electron chi connectivity index (χ2n) is 7.12. The Morgan fingerprint density at radius 1 is 0.692 bits per heavy atom. The van der Waals surface area contributed by atoms with Gasteiger partial charge in [-0.3, -0.25) is 9.59 Å². The lowest BCUT2D eigenvalue weighted by molar-refractivity contribution is -0.927. The molecule has 0 rings (SSSR count). The lowest BCUT2D eigenvalue weighted by Crippen LogP contribution is -2.53. The molecule has 0 saturated heterocycles. The zero-order chi connectivity index (χ0) is 19.8. The van der Waals surface area contributed by atoms with Crippen LogP contribution < -0.4 is 5.11 Å². The minimum atomic E-state index is -1.19. The second-order valence-corrected chi connectivity index (χ2v) is 7.12. The number of nitrogens with zero attached hydrogens (tertiary/aromatic N) is 1. The molecule has 0 amide bonds. The summed E-state index contributed by atoms with van der Waals surface area (Å²) in [4.78, 5) is 32.8. The maximum Gasteiger partial charge on any atom is 0.309 e. The fourth-order valence-electron chi connectivity index (χ4n) is 3.25. The highest BCUT2D eigenvalue weighted by Gasteiger charge is 2.28. The van der Waals surface area contributed by atoms with Crippen molar-refractivity contribution in [2.75, 3.05) is 26.2 Å². The molecule has 0 radical (unpaired) electrons. The number of hydrogen-bond acceptors (Lipinski definition) is 4. The molecule has 0 aliphatic rings. The van der Waals surface area contributed by atoms with E-state index in [0.717, 1.165) is 19.3 Å². The first-order chi connectivity index (χ1) is 12.3. The standard InChI is InChI=1S/C19H35NO6/c1-2-3-4-5-6-7-8-9-13-20(14-10-17(21)22,15-11-18(23)24)16-12-19(25)26/h2-16H2,1H3,(H2-,21,22,23,24,25,26). The minimum absolute atomic E-state index is 0.0936. The third-order valence-electron chi connectivity index (χ3n) is 4.88. The molecule has 0 heterocycles. The molecule has 0 atom stereocenters. The molecule has 2 N–H and O–H groups in total. The summed E-state index contributed by atoms with van der Waals surface area (Å²) < 4.78 is 0.225. The number of aliphatic carboxylic acids is 3. The molecule has 0 aliphatic carbocycles. The maximum atomic E-state index is 11.0. The Morgan fingerprint density at radius 2 is 1.12 bits per heavy atom. The van der Waals surface area contributed by atoms with Crippen LogP contribution in [0.5, 0.6) is 0 Å². The average Bonchev–Trinajstić information content (AvgIpc) is 2.57. The Kier molecular flexibility index (Phi) is 13.6. The van der Waals surface area contributed by atoms with Crippen LogP contribution in [-0.4, -0.2) is 58.8 Å². The van der Waals surface area contributed by atoms with E-state index in [-0.39, 0.29) is 43.4 Å². The van der Waals surface area contributed by atoms with Crippen LogP contribution in [0.15, 0.2) is 0 Å². The number of carbonyl (C=O) groups is 3. The Labute approximate surface area is 156 Å². The molecule has 0 aromatic carbocycles. The summed E-state index contributed by atoms with van der Waals surface area (Å²) >= 11 is 0. The third-order valence-corrected chi connectivity index (χ3v) is 4.88. The first-order valence-corrected chi connectivity index (χ1v) is 9.80. The van der Waals surface area contributed by atoms with Gasteiger partial charge in [0.15, 0.2) is 0 Å². The van der Waals surface area contributed by atoms with Crippen molar-refractivity contribution in [3.8, 4) is 0 Å². The van der Waals surface area contributed by atoms with Gasteiger partial charge in [-0.15, -0.1) is 0 Å². The second kappa shape index (κ2) is 14.5. The Hall–Kier alpha value is -1.63. The van der Waals surface area contributed by atoms with E-state index in [1.807, 2.05) is 0 Å². The topological polar surface area (TPSA) is 115 Å². The first kappa shape index (κ1) is 24.4. The summed E-state index contributed by atoms with van der Waals surface area (Å²) in [5.74, 6) is -3.09. The van der Waals surface area contributed by atoms with Gasteiger partial charge in [-0.1, -0.05) is 45.4 Å². The normalized spacial score (nSPS) is 11.4. The number of hydrogen-bond donors (Lipinski definition) is 2. The molecular formula is C19H35NO6. The van der Waals surface area contributed by atoms with E-state index in [1.54, 1.807) is 0 Å². The van der Waals surface area contributed by atoms with E-state index >= 15 is 0 Å². The van der Waals surface area contributed by atoms with E-state index in [1.165, 1.54) is 32.1 Å². The van der Waals surface area contributed by atoms with Gasteiger partial charge in [0.05, 0.1) is 39.0 Å². The van der Waals surface area contributed by atoms with Crippen molar-refractivity contribution in [1.82, 2.24) is 0 Å². The molecule has 0 aromatic rings. The van der Waals surface area contributed by atoms with E-state index < -0.39 is 17.9 Å². The van der Waals surface area contributed by atoms with Gasteiger partial charge in [-0.2, -0.15) is 0 Å². The highest BCUT2D eigenvalue weighted by molar-refractivity contribution is 5.67. The van der Waals surface area contributed by atoms with Crippen molar-refractivity contribution in [2.45, 2.75) is 77.6 Å². The molecule has 0 saturated carbocycles. The van der Waals surface area contributed by atoms with Gasteiger partial charge >= 0.3 is 11.9 Å². The summed E-state index contributed by atoms with van der Waals surface area (Å²) in [5, 5.41) is 28.8. The first-order valence-electron chi connectivity index (χ1n) is 9.80. The van der Waals surface area contributed by atoms with Crippen molar-refractivity contribution in [1.29, 1.82) is 0 Å². The molecule has 26 heavy (non-hydrogen) atoms. The third kappa shape index (κ3) is 13.6. The van der Waals surface area contributed by atoms with Crippen molar-refractivity contribution >= 4 is 17.9 Å². The van der Waals surface area contributed by atoms with Crippen molar-refractivity contribution < 1.29 is 34.2 Å². The number of carbonyl (C=O) groups excluding carboxylic acids is 1. The summed E-state index contributed by atoms with van der Waals surface area (Å²) in [6.45, 7) is 3.53. The summed E-state index contributed by atoms with van der Waals surface area (Å²) in [6, 6.07) is 0. The van der Waals surface area contributed by atoms with Gasteiger partial charge in [0, 0.05) is 12.4 Å². The minimum Gasteiger partial charge on any atom is -0.550 e.